The van der Waals surface area contributed by atoms with Crippen LogP contribution in [0, 0.1) is 0 Å². The van der Waals surface area contributed by atoms with Gasteiger partial charge in [0, 0.05) is 16.7 Å². The fourth-order valence-electron chi connectivity index (χ4n) is 4.96. The summed E-state index contributed by atoms with van der Waals surface area (Å²) in [5.41, 5.74) is 5.32. The number of para-hydroxylation sites is 1. The smallest absolute Gasteiger partial charge is 0.319 e. The third-order valence-electron chi connectivity index (χ3n) is 6.91. The van der Waals surface area contributed by atoms with Crippen molar-refractivity contribution in [3.8, 4) is 11.5 Å². The van der Waals surface area contributed by atoms with Crippen LogP contribution in [0.3, 0.4) is 0 Å². The molecule has 6 rings (SSSR count). The van der Waals surface area contributed by atoms with Crippen LogP contribution in [0.4, 0.5) is 0 Å². The van der Waals surface area contributed by atoms with Crippen LogP contribution in [-0.2, 0) is 22.6 Å². The molecule has 1 atom stereocenters. The van der Waals surface area contributed by atoms with Gasteiger partial charge < -0.3 is 14.3 Å². The van der Waals surface area contributed by atoms with Gasteiger partial charge in [-0.05, 0) is 42.3 Å². The van der Waals surface area contributed by atoms with Crippen LogP contribution in [0.25, 0.3) is 10.2 Å². The van der Waals surface area contributed by atoms with Crippen molar-refractivity contribution >= 4 is 33.2 Å². The van der Waals surface area contributed by atoms with Gasteiger partial charge in [-0.1, -0.05) is 83.2 Å². The van der Waals surface area contributed by atoms with E-state index in [2.05, 4.69) is 5.16 Å². The lowest BCUT2D eigenvalue weighted by molar-refractivity contribution is -0.134. The molecule has 0 fully saturated rings. The molecule has 2 heterocycles. The molecule has 8 heteroatoms. The first-order valence-electron chi connectivity index (χ1n) is 12.9. The largest absolute Gasteiger partial charge is 0.492 e. The predicted molar refractivity (Wildman–Crippen MR) is 156 cm³/mol. The summed E-state index contributed by atoms with van der Waals surface area (Å²) >= 11 is 1.20. The van der Waals surface area contributed by atoms with E-state index in [1.54, 1.807) is 4.57 Å². The Morgan fingerprint density at radius 3 is 2.50 bits per heavy atom. The Morgan fingerprint density at radius 2 is 1.70 bits per heavy atom. The zero-order chi connectivity index (χ0) is 27.5. The summed E-state index contributed by atoms with van der Waals surface area (Å²) in [6, 6.07) is 30.9. The number of aromatic nitrogens is 1. The predicted octanol–water partition coefficient (Wildman–Crippen LogP) is 5.79. The lowest BCUT2D eigenvalue weighted by atomic mass is 9.93. The van der Waals surface area contributed by atoms with E-state index in [0.29, 0.717) is 36.8 Å². The second-order valence-electron chi connectivity index (χ2n) is 9.40. The fraction of sp³-hybridized carbons (Fsp3) is 0.156. The molecular formula is C32H26N2O5S. The molecule has 0 bridgehead atoms. The van der Waals surface area contributed by atoms with Crippen molar-refractivity contribution < 1.29 is 19.1 Å². The average molecular weight is 551 g/mol. The van der Waals surface area contributed by atoms with Crippen molar-refractivity contribution in [3.63, 3.8) is 0 Å². The van der Waals surface area contributed by atoms with Crippen LogP contribution in [-0.4, -0.2) is 30.0 Å². The Kier molecular flexibility index (Phi) is 7.16. The molecule has 4 aromatic carbocycles. The molecule has 1 aromatic heterocycles. The number of esters is 1. The van der Waals surface area contributed by atoms with Gasteiger partial charge in [0.25, 0.3) is 0 Å². The summed E-state index contributed by atoms with van der Waals surface area (Å²) < 4.78 is 14.0. The average Bonchev–Trinajstić information content (AvgIpc) is 3.47. The molecule has 0 N–H and O–H groups in total. The number of carbonyl (C=O) groups is 1. The van der Waals surface area contributed by atoms with E-state index in [1.165, 1.54) is 18.4 Å². The maximum absolute atomic E-state index is 12.8. The lowest BCUT2D eigenvalue weighted by Gasteiger charge is -2.10. The number of thiazole rings is 1. The minimum atomic E-state index is -0.299. The van der Waals surface area contributed by atoms with Crippen LogP contribution in [0.5, 0.6) is 11.5 Å². The first-order valence-corrected chi connectivity index (χ1v) is 13.7. The highest BCUT2D eigenvalue weighted by atomic mass is 32.1. The van der Waals surface area contributed by atoms with E-state index < -0.39 is 0 Å². The van der Waals surface area contributed by atoms with Crippen molar-refractivity contribution in [1.82, 2.24) is 4.57 Å². The summed E-state index contributed by atoms with van der Waals surface area (Å²) in [7, 11) is 1.52. The lowest BCUT2D eigenvalue weighted by Crippen LogP contribution is -2.17. The second-order valence-corrected chi connectivity index (χ2v) is 10.4. The molecule has 1 aliphatic heterocycles. The quantitative estimate of drug-likeness (QED) is 0.101. The summed E-state index contributed by atoms with van der Waals surface area (Å²) in [5.74, 6) is 0.831. The summed E-state index contributed by atoms with van der Waals surface area (Å²) in [6.07, 6.45) is 0.565. The number of hydrogen-bond acceptors (Lipinski definition) is 7. The molecule has 40 heavy (non-hydrogen) atoms. The van der Waals surface area contributed by atoms with Gasteiger partial charge in [-0.15, -0.1) is 0 Å². The maximum atomic E-state index is 12.8. The fourth-order valence-corrected chi connectivity index (χ4v) is 5.91. The number of ether oxygens (including phenoxy) is 2. The van der Waals surface area contributed by atoms with E-state index in [1.807, 2.05) is 97.1 Å². The van der Waals surface area contributed by atoms with Gasteiger partial charge >= 0.3 is 10.8 Å². The van der Waals surface area contributed by atoms with E-state index in [9.17, 15) is 9.59 Å². The molecule has 5 aromatic rings. The molecule has 0 amide bonds. The van der Waals surface area contributed by atoms with Gasteiger partial charge in [0.05, 0.1) is 22.7 Å². The third-order valence-corrected chi connectivity index (χ3v) is 7.85. The van der Waals surface area contributed by atoms with Crippen LogP contribution >= 0.6 is 11.3 Å². The van der Waals surface area contributed by atoms with Gasteiger partial charge in [0.2, 0.25) is 0 Å². The Hall–Kier alpha value is -4.69. The third kappa shape index (κ3) is 5.13. The normalized spacial score (nSPS) is 14.7. The molecule has 1 unspecified atom stereocenters. The first kappa shape index (κ1) is 25.6. The number of benzene rings is 4. The van der Waals surface area contributed by atoms with Crippen molar-refractivity contribution in [2.75, 3.05) is 13.7 Å². The first-order chi connectivity index (χ1) is 19.6. The molecule has 200 valence electrons. The van der Waals surface area contributed by atoms with Gasteiger partial charge in [0.1, 0.15) is 30.9 Å². The molecule has 1 aliphatic rings. The zero-order valence-electron chi connectivity index (χ0n) is 21.8. The van der Waals surface area contributed by atoms with Gasteiger partial charge in [-0.2, -0.15) is 0 Å². The van der Waals surface area contributed by atoms with E-state index in [0.717, 1.165) is 32.5 Å². The van der Waals surface area contributed by atoms with Crippen LogP contribution in [0.15, 0.2) is 107 Å². The van der Waals surface area contributed by atoms with Crippen molar-refractivity contribution in [2.45, 2.75) is 18.9 Å². The highest BCUT2D eigenvalue weighted by Gasteiger charge is 2.32. The number of carbonyl (C=O) groups excluding carboxylic acids is 1. The molecule has 0 saturated heterocycles. The van der Waals surface area contributed by atoms with Gasteiger partial charge in [-0.3, -0.25) is 14.2 Å². The van der Waals surface area contributed by atoms with Crippen LogP contribution in [0.1, 0.15) is 28.2 Å². The Morgan fingerprint density at radius 1 is 0.925 bits per heavy atom. The standard InChI is InChI=1S/C32H26N2O5S/c1-37-33-30(22-7-3-2-4-8-22)23-13-16-27-29(20-23)40-32(36)34(27)17-18-38-24-14-11-21(12-15-24)19-26-25-9-5-6-10-28(25)39-31(26)35/h2-16,20,26H,17-19H2,1H3/b33-30+. The zero-order valence-corrected chi connectivity index (χ0v) is 22.6. The van der Waals surface area contributed by atoms with E-state index in [-0.39, 0.29) is 16.8 Å². The Bertz CT molecular complexity index is 1760. The number of nitrogens with zero attached hydrogens (tertiary/aromatic N) is 2. The highest BCUT2D eigenvalue weighted by Crippen LogP contribution is 2.36. The van der Waals surface area contributed by atoms with Crippen LogP contribution < -0.4 is 14.3 Å². The van der Waals surface area contributed by atoms with Crippen molar-refractivity contribution in [2.24, 2.45) is 5.16 Å². The Balaban J connectivity index is 1.12. The van der Waals surface area contributed by atoms with E-state index >= 15 is 0 Å². The van der Waals surface area contributed by atoms with Gasteiger partial charge in [-0.25, -0.2) is 0 Å². The van der Waals surface area contributed by atoms with Crippen LogP contribution in [0.2, 0.25) is 0 Å². The number of fused-ring (bicyclic) bond motifs is 2. The monoisotopic (exact) mass is 550 g/mol. The SMILES string of the molecule is CO/N=C(\c1ccccc1)c1ccc2c(c1)sc(=O)n2CCOc1ccc(CC2C(=O)Oc3ccccc32)cc1. The van der Waals surface area contributed by atoms with E-state index in [4.69, 9.17) is 14.3 Å². The Labute approximate surface area is 234 Å². The summed E-state index contributed by atoms with van der Waals surface area (Å²) in [5, 5.41) is 4.23. The number of hydrogen-bond donors (Lipinski definition) is 0. The van der Waals surface area contributed by atoms with Crippen molar-refractivity contribution in [3.05, 3.63) is 129 Å². The number of oxime groups is 1. The minimum Gasteiger partial charge on any atom is -0.492 e. The maximum Gasteiger partial charge on any atom is 0.319 e. The molecule has 0 radical (unpaired) electrons. The molecule has 0 spiro atoms. The molecule has 7 nitrogen and oxygen atoms in total. The summed E-state index contributed by atoms with van der Waals surface area (Å²) in [6.45, 7) is 0.762. The highest BCUT2D eigenvalue weighted by molar-refractivity contribution is 7.16. The molecular weight excluding hydrogens is 524 g/mol. The molecule has 0 aliphatic carbocycles. The topological polar surface area (TPSA) is 79.1 Å². The number of rotatable bonds is 9. The molecule has 0 saturated carbocycles. The van der Waals surface area contributed by atoms with Crippen molar-refractivity contribution in [1.29, 1.82) is 0 Å². The minimum absolute atomic E-state index is 0.0419. The second kappa shape index (κ2) is 11.2. The summed E-state index contributed by atoms with van der Waals surface area (Å²) in [4.78, 5) is 30.2. The van der Waals surface area contributed by atoms with Gasteiger partial charge in [0.15, 0.2) is 0 Å².